The van der Waals surface area contributed by atoms with Crippen molar-refractivity contribution in [2.45, 2.75) is 26.5 Å². The van der Waals surface area contributed by atoms with E-state index < -0.39 is 0 Å². The summed E-state index contributed by atoms with van der Waals surface area (Å²) < 4.78 is 8.10. The minimum Gasteiger partial charge on any atom is -0.487 e. The van der Waals surface area contributed by atoms with E-state index >= 15 is 0 Å². The van der Waals surface area contributed by atoms with Crippen molar-refractivity contribution in [3.63, 3.8) is 0 Å². The van der Waals surface area contributed by atoms with Gasteiger partial charge in [0.05, 0.1) is 4.47 Å². The number of ether oxygens (including phenoxy) is 1. The fraction of sp³-hybridized carbons (Fsp3) is 0.294. The van der Waals surface area contributed by atoms with E-state index in [1.54, 1.807) is 0 Å². The van der Waals surface area contributed by atoms with Crippen LogP contribution in [0.3, 0.4) is 0 Å². The number of rotatable bonds is 7. The Kier molecular flexibility index (Phi) is 6.74. The Balaban J connectivity index is 2.07. The average Bonchev–Trinajstić information content (AvgIpc) is 2.47. The van der Waals surface area contributed by atoms with Gasteiger partial charge in [-0.3, -0.25) is 0 Å². The van der Waals surface area contributed by atoms with Gasteiger partial charge < -0.3 is 10.1 Å². The van der Waals surface area contributed by atoms with Crippen molar-refractivity contribution < 1.29 is 4.74 Å². The van der Waals surface area contributed by atoms with Gasteiger partial charge in [0.15, 0.2) is 0 Å². The standard InChI is InChI=1S/C17H19Br2NO/c1-2-9-20-11-14-6-4-8-16(19)17(14)21-12-13-5-3-7-15(18)10-13/h3-8,10,20H,2,9,11-12H2,1H3. The molecule has 0 aliphatic rings. The van der Waals surface area contributed by atoms with Crippen molar-refractivity contribution in [1.29, 1.82) is 0 Å². The second-order valence-electron chi connectivity index (χ2n) is 4.82. The van der Waals surface area contributed by atoms with E-state index in [1.165, 1.54) is 5.56 Å². The molecule has 0 fully saturated rings. The summed E-state index contributed by atoms with van der Waals surface area (Å²) in [6.07, 6.45) is 1.13. The molecule has 0 radical (unpaired) electrons. The molecule has 0 amide bonds. The van der Waals surface area contributed by atoms with Gasteiger partial charge in [-0.2, -0.15) is 0 Å². The van der Waals surface area contributed by atoms with E-state index in [9.17, 15) is 0 Å². The quantitative estimate of drug-likeness (QED) is 0.623. The summed E-state index contributed by atoms with van der Waals surface area (Å²) in [5.41, 5.74) is 2.32. The Morgan fingerprint density at radius 1 is 1.10 bits per heavy atom. The van der Waals surface area contributed by atoms with Crippen LogP contribution in [0, 0.1) is 0 Å². The summed E-state index contributed by atoms with van der Waals surface area (Å²) in [5, 5.41) is 3.42. The third kappa shape index (κ3) is 5.13. The van der Waals surface area contributed by atoms with Crippen LogP contribution in [-0.2, 0) is 13.2 Å². The number of nitrogens with one attached hydrogen (secondary N) is 1. The molecule has 0 spiro atoms. The average molecular weight is 413 g/mol. The predicted octanol–water partition coefficient (Wildman–Crippen LogP) is 5.29. The van der Waals surface area contributed by atoms with E-state index in [0.717, 1.165) is 39.8 Å². The molecule has 0 aliphatic carbocycles. The van der Waals surface area contributed by atoms with E-state index in [2.05, 4.69) is 62.3 Å². The molecule has 0 saturated carbocycles. The van der Waals surface area contributed by atoms with Gasteiger partial charge >= 0.3 is 0 Å². The first-order valence-electron chi connectivity index (χ1n) is 7.06. The summed E-state index contributed by atoms with van der Waals surface area (Å²) >= 11 is 7.07. The Labute approximate surface area is 143 Å². The van der Waals surface area contributed by atoms with Gasteiger partial charge in [0, 0.05) is 16.6 Å². The third-order valence-electron chi connectivity index (χ3n) is 3.06. The van der Waals surface area contributed by atoms with Crippen LogP contribution in [0.1, 0.15) is 24.5 Å². The van der Waals surface area contributed by atoms with Gasteiger partial charge in [0.2, 0.25) is 0 Å². The van der Waals surface area contributed by atoms with E-state index in [4.69, 9.17) is 4.74 Å². The van der Waals surface area contributed by atoms with Crippen molar-refractivity contribution in [1.82, 2.24) is 5.32 Å². The molecule has 0 aromatic heterocycles. The third-order valence-corrected chi connectivity index (χ3v) is 4.18. The minimum absolute atomic E-state index is 0.558. The first kappa shape index (κ1) is 16.5. The molecule has 0 saturated heterocycles. The second-order valence-corrected chi connectivity index (χ2v) is 6.59. The summed E-state index contributed by atoms with van der Waals surface area (Å²) in [7, 11) is 0. The fourth-order valence-electron chi connectivity index (χ4n) is 2.04. The lowest BCUT2D eigenvalue weighted by Crippen LogP contribution is -2.14. The predicted molar refractivity (Wildman–Crippen MR) is 94.6 cm³/mol. The first-order chi connectivity index (χ1) is 10.2. The monoisotopic (exact) mass is 411 g/mol. The lowest BCUT2D eigenvalue weighted by molar-refractivity contribution is 0.300. The highest BCUT2D eigenvalue weighted by molar-refractivity contribution is 9.10. The maximum atomic E-state index is 6.03. The molecular weight excluding hydrogens is 394 g/mol. The van der Waals surface area contributed by atoms with E-state index in [0.29, 0.717) is 6.61 Å². The maximum absolute atomic E-state index is 6.03. The number of benzene rings is 2. The second kappa shape index (κ2) is 8.57. The molecule has 2 aromatic carbocycles. The smallest absolute Gasteiger partial charge is 0.138 e. The van der Waals surface area contributed by atoms with Crippen LogP contribution in [0.5, 0.6) is 5.75 Å². The van der Waals surface area contributed by atoms with Crippen molar-refractivity contribution in [3.05, 3.63) is 62.5 Å². The Bertz CT molecular complexity index is 587. The number of hydrogen-bond acceptors (Lipinski definition) is 2. The lowest BCUT2D eigenvalue weighted by Gasteiger charge is -2.14. The van der Waals surface area contributed by atoms with Crippen LogP contribution >= 0.6 is 31.9 Å². The van der Waals surface area contributed by atoms with E-state index in [1.807, 2.05) is 24.3 Å². The summed E-state index contributed by atoms with van der Waals surface area (Å²) in [5.74, 6) is 0.918. The van der Waals surface area contributed by atoms with Gasteiger partial charge in [-0.1, -0.05) is 47.1 Å². The van der Waals surface area contributed by atoms with Crippen LogP contribution in [0.15, 0.2) is 51.4 Å². The normalized spacial score (nSPS) is 10.6. The van der Waals surface area contributed by atoms with Gasteiger partial charge in [-0.05, 0) is 52.7 Å². The zero-order valence-electron chi connectivity index (χ0n) is 12.0. The Morgan fingerprint density at radius 3 is 2.67 bits per heavy atom. The molecule has 1 N–H and O–H groups in total. The molecule has 2 rings (SSSR count). The van der Waals surface area contributed by atoms with Crippen LogP contribution in [0.25, 0.3) is 0 Å². The highest BCUT2D eigenvalue weighted by Crippen LogP contribution is 2.30. The molecule has 0 bridgehead atoms. The molecule has 2 aromatic rings. The van der Waals surface area contributed by atoms with Crippen molar-refractivity contribution in [3.8, 4) is 5.75 Å². The van der Waals surface area contributed by atoms with Crippen molar-refractivity contribution in [2.24, 2.45) is 0 Å². The van der Waals surface area contributed by atoms with Gasteiger partial charge in [-0.25, -0.2) is 0 Å². The number of para-hydroxylation sites is 1. The summed E-state index contributed by atoms with van der Waals surface area (Å²) in [6.45, 7) is 4.56. The highest BCUT2D eigenvalue weighted by Gasteiger charge is 2.08. The highest BCUT2D eigenvalue weighted by atomic mass is 79.9. The molecular formula is C17H19Br2NO. The zero-order valence-corrected chi connectivity index (χ0v) is 15.2. The van der Waals surface area contributed by atoms with Crippen LogP contribution < -0.4 is 10.1 Å². The van der Waals surface area contributed by atoms with E-state index in [-0.39, 0.29) is 0 Å². The topological polar surface area (TPSA) is 21.3 Å². The summed E-state index contributed by atoms with van der Waals surface area (Å²) in [4.78, 5) is 0. The molecule has 0 atom stereocenters. The SMILES string of the molecule is CCCNCc1cccc(Br)c1OCc1cccc(Br)c1. The molecule has 0 heterocycles. The Hall–Kier alpha value is -0.840. The molecule has 4 heteroatoms. The maximum Gasteiger partial charge on any atom is 0.138 e. The van der Waals surface area contributed by atoms with Gasteiger partial charge in [0.1, 0.15) is 12.4 Å². The van der Waals surface area contributed by atoms with Gasteiger partial charge in [-0.15, -0.1) is 0 Å². The zero-order chi connectivity index (χ0) is 15.1. The Morgan fingerprint density at radius 2 is 1.90 bits per heavy atom. The molecule has 0 aliphatic heterocycles. The van der Waals surface area contributed by atoms with Crippen LogP contribution in [0.2, 0.25) is 0 Å². The van der Waals surface area contributed by atoms with Crippen LogP contribution in [-0.4, -0.2) is 6.54 Å². The van der Waals surface area contributed by atoms with Crippen molar-refractivity contribution >= 4 is 31.9 Å². The summed E-state index contributed by atoms with van der Waals surface area (Å²) in [6, 6.07) is 14.3. The largest absolute Gasteiger partial charge is 0.487 e. The van der Waals surface area contributed by atoms with Crippen LogP contribution in [0.4, 0.5) is 0 Å². The van der Waals surface area contributed by atoms with Gasteiger partial charge in [0.25, 0.3) is 0 Å². The molecule has 2 nitrogen and oxygen atoms in total. The molecule has 0 unspecified atom stereocenters. The minimum atomic E-state index is 0.558. The number of hydrogen-bond donors (Lipinski definition) is 1. The lowest BCUT2D eigenvalue weighted by atomic mass is 10.2. The molecule has 21 heavy (non-hydrogen) atoms. The number of halogens is 2. The van der Waals surface area contributed by atoms with Crippen molar-refractivity contribution in [2.75, 3.05) is 6.54 Å². The fourth-order valence-corrected chi connectivity index (χ4v) is 3.00. The molecule has 112 valence electrons. The first-order valence-corrected chi connectivity index (χ1v) is 8.64.